The Hall–Kier alpha value is -3.25. The molecule has 0 bridgehead atoms. The molecule has 0 amide bonds. The molecule has 0 radical (unpaired) electrons. The molecule has 182 valence electrons. The van der Waals surface area contributed by atoms with E-state index >= 15 is 0 Å². The second kappa shape index (κ2) is 13.5. The molecule has 2 aromatic rings. The van der Waals surface area contributed by atoms with Gasteiger partial charge < -0.3 is 15.4 Å². The Balaban J connectivity index is 2.46. The van der Waals surface area contributed by atoms with Crippen molar-refractivity contribution in [2.75, 3.05) is 19.7 Å². The molecule has 0 spiro atoms. The van der Waals surface area contributed by atoms with Crippen molar-refractivity contribution in [3.63, 3.8) is 0 Å². The maximum atomic E-state index is 12.5. The molecule has 0 fully saturated rings. The standard InChI is InChI=1S/C22H25F3N6OS2/c1-3-26-20(33)30-29-19(16-10-12-17(13-11-16)32-4-2)18(15-8-6-5-7-9-15)28-31-21(34)27-14-22(23,24)25/h5-13H,3-4,14H2,1-2H3,(H2,26,30,33)(H2,27,31,34). The Kier molecular flexibility index (Phi) is 10.7. The van der Waals surface area contributed by atoms with Crippen LogP contribution in [0.15, 0.2) is 64.8 Å². The Bertz CT molecular complexity index is 1010. The zero-order valence-electron chi connectivity index (χ0n) is 18.6. The molecular formula is C22H25F3N6OS2. The average molecular weight is 511 g/mol. The topological polar surface area (TPSA) is 82.1 Å². The minimum absolute atomic E-state index is 0.284. The van der Waals surface area contributed by atoms with Crippen LogP contribution in [-0.4, -0.2) is 47.5 Å². The molecule has 0 aliphatic rings. The fourth-order valence-corrected chi connectivity index (χ4v) is 2.92. The van der Waals surface area contributed by atoms with Gasteiger partial charge in [0.25, 0.3) is 0 Å². The number of benzene rings is 2. The van der Waals surface area contributed by atoms with Crippen LogP contribution in [-0.2, 0) is 0 Å². The van der Waals surface area contributed by atoms with E-state index in [9.17, 15) is 13.2 Å². The number of hydrogen-bond acceptors (Lipinski definition) is 5. The zero-order valence-corrected chi connectivity index (χ0v) is 20.2. The maximum absolute atomic E-state index is 12.5. The zero-order chi connectivity index (χ0) is 25.0. The second-order valence-electron chi connectivity index (χ2n) is 6.63. The molecule has 0 unspecified atom stereocenters. The Morgan fingerprint density at radius 3 is 1.85 bits per heavy atom. The minimum atomic E-state index is -4.42. The lowest BCUT2D eigenvalue weighted by molar-refractivity contribution is -0.122. The maximum Gasteiger partial charge on any atom is 0.405 e. The van der Waals surface area contributed by atoms with E-state index in [1.807, 2.05) is 19.9 Å². The first kappa shape index (κ1) is 27.0. The number of rotatable bonds is 9. The van der Waals surface area contributed by atoms with Gasteiger partial charge >= 0.3 is 6.18 Å². The summed E-state index contributed by atoms with van der Waals surface area (Å²) in [6, 6.07) is 16.2. The van der Waals surface area contributed by atoms with Crippen LogP contribution < -0.4 is 26.2 Å². The number of nitrogens with one attached hydrogen (secondary N) is 4. The van der Waals surface area contributed by atoms with Gasteiger partial charge in [-0.15, -0.1) is 0 Å². The molecule has 0 saturated carbocycles. The van der Waals surface area contributed by atoms with Crippen LogP contribution in [0.4, 0.5) is 13.2 Å². The van der Waals surface area contributed by atoms with Gasteiger partial charge in [-0.3, -0.25) is 10.9 Å². The number of hydrogen-bond donors (Lipinski definition) is 4. The van der Waals surface area contributed by atoms with E-state index in [4.69, 9.17) is 29.2 Å². The third kappa shape index (κ3) is 9.32. The molecule has 0 heterocycles. The number of nitrogens with zero attached hydrogens (tertiary/aromatic N) is 2. The molecule has 0 atom stereocenters. The van der Waals surface area contributed by atoms with Gasteiger partial charge in [-0.25, -0.2) is 0 Å². The highest BCUT2D eigenvalue weighted by Crippen LogP contribution is 2.16. The van der Waals surface area contributed by atoms with Crippen LogP contribution in [0.1, 0.15) is 25.0 Å². The van der Waals surface area contributed by atoms with Crippen LogP contribution in [0.3, 0.4) is 0 Å². The highest BCUT2D eigenvalue weighted by Gasteiger charge is 2.27. The normalized spacial score (nSPS) is 12.0. The highest BCUT2D eigenvalue weighted by molar-refractivity contribution is 7.80. The fourth-order valence-electron chi connectivity index (χ4n) is 2.61. The van der Waals surface area contributed by atoms with E-state index in [-0.39, 0.29) is 5.11 Å². The summed E-state index contributed by atoms with van der Waals surface area (Å²) in [7, 11) is 0. The first-order valence-electron chi connectivity index (χ1n) is 10.3. The summed E-state index contributed by atoms with van der Waals surface area (Å²) in [6.07, 6.45) is -4.42. The van der Waals surface area contributed by atoms with E-state index < -0.39 is 12.7 Å². The molecule has 2 aromatic carbocycles. The van der Waals surface area contributed by atoms with Crippen molar-refractivity contribution >= 4 is 46.1 Å². The predicted octanol–water partition coefficient (Wildman–Crippen LogP) is 3.70. The largest absolute Gasteiger partial charge is 0.494 e. The van der Waals surface area contributed by atoms with Gasteiger partial charge in [0.1, 0.15) is 23.7 Å². The van der Waals surface area contributed by atoms with Crippen LogP contribution in [0.5, 0.6) is 5.75 Å². The van der Waals surface area contributed by atoms with Crippen LogP contribution in [0.2, 0.25) is 0 Å². The van der Waals surface area contributed by atoms with Crippen molar-refractivity contribution < 1.29 is 17.9 Å². The molecule has 34 heavy (non-hydrogen) atoms. The van der Waals surface area contributed by atoms with E-state index in [1.165, 1.54) is 0 Å². The first-order chi connectivity index (χ1) is 16.2. The van der Waals surface area contributed by atoms with Crippen molar-refractivity contribution in [3.8, 4) is 5.75 Å². The second-order valence-corrected chi connectivity index (χ2v) is 7.44. The van der Waals surface area contributed by atoms with Gasteiger partial charge in [0, 0.05) is 17.7 Å². The summed E-state index contributed by atoms with van der Waals surface area (Å²) in [5.41, 5.74) is 7.26. The van der Waals surface area contributed by atoms with Crippen LogP contribution >= 0.6 is 24.4 Å². The molecule has 12 heteroatoms. The predicted molar refractivity (Wildman–Crippen MR) is 136 cm³/mol. The summed E-state index contributed by atoms with van der Waals surface area (Å²) >= 11 is 10.2. The summed E-state index contributed by atoms with van der Waals surface area (Å²) in [5.74, 6) is 0.676. The number of thiocarbonyl (C=S) groups is 2. The van der Waals surface area contributed by atoms with Crippen molar-refractivity contribution in [1.82, 2.24) is 21.5 Å². The Morgan fingerprint density at radius 1 is 0.824 bits per heavy atom. The van der Waals surface area contributed by atoms with Crippen molar-refractivity contribution in [3.05, 3.63) is 65.7 Å². The third-order valence-corrected chi connectivity index (χ3v) is 4.51. The molecule has 2 rings (SSSR count). The van der Waals surface area contributed by atoms with Gasteiger partial charge in [0.05, 0.1) is 6.61 Å². The van der Waals surface area contributed by atoms with Gasteiger partial charge in [0.2, 0.25) is 0 Å². The number of halogens is 3. The lowest BCUT2D eigenvalue weighted by atomic mass is 10.00. The minimum Gasteiger partial charge on any atom is -0.494 e. The molecule has 0 aliphatic heterocycles. The Morgan fingerprint density at radius 2 is 1.35 bits per heavy atom. The monoisotopic (exact) mass is 510 g/mol. The summed E-state index contributed by atoms with van der Waals surface area (Å²) < 4.78 is 43.0. The van der Waals surface area contributed by atoms with Gasteiger partial charge in [-0.2, -0.15) is 23.4 Å². The highest BCUT2D eigenvalue weighted by atomic mass is 32.1. The Labute approximate surface area is 206 Å². The molecule has 7 nitrogen and oxygen atoms in total. The molecule has 0 aromatic heterocycles. The molecule has 0 saturated heterocycles. The number of ether oxygens (including phenoxy) is 1. The summed E-state index contributed by atoms with van der Waals surface area (Å²) in [4.78, 5) is 0. The quantitative estimate of drug-likeness (QED) is 0.233. The smallest absolute Gasteiger partial charge is 0.405 e. The lowest BCUT2D eigenvalue weighted by Gasteiger charge is -2.14. The summed E-state index contributed by atoms with van der Waals surface area (Å²) in [6.45, 7) is 3.60. The number of alkyl halides is 3. The van der Waals surface area contributed by atoms with Gasteiger partial charge in [-0.1, -0.05) is 30.3 Å². The van der Waals surface area contributed by atoms with Crippen molar-refractivity contribution in [2.45, 2.75) is 20.0 Å². The summed E-state index contributed by atoms with van der Waals surface area (Å²) in [5, 5.41) is 13.8. The van der Waals surface area contributed by atoms with Gasteiger partial charge in [-0.05, 0) is 62.5 Å². The van der Waals surface area contributed by atoms with Crippen molar-refractivity contribution in [2.24, 2.45) is 10.2 Å². The fraction of sp³-hybridized carbons (Fsp3) is 0.273. The first-order valence-corrected chi connectivity index (χ1v) is 11.1. The molecule has 4 N–H and O–H groups in total. The molecular weight excluding hydrogens is 485 g/mol. The van der Waals surface area contributed by atoms with Gasteiger partial charge in [0.15, 0.2) is 10.2 Å². The third-order valence-electron chi connectivity index (χ3n) is 4.04. The van der Waals surface area contributed by atoms with E-state index in [0.29, 0.717) is 46.6 Å². The van der Waals surface area contributed by atoms with E-state index in [2.05, 4.69) is 31.7 Å². The number of hydrazone groups is 2. The SMILES string of the molecule is CCNC(=S)NN=C(C(=NNC(=S)NCC(F)(F)F)c1ccccc1)c1ccc(OCC)cc1. The van der Waals surface area contributed by atoms with Crippen LogP contribution in [0, 0.1) is 0 Å². The molecule has 0 aliphatic carbocycles. The van der Waals surface area contributed by atoms with E-state index in [1.54, 1.807) is 48.5 Å². The van der Waals surface area contributed by atoms with E-state index in [0.717, 1.165) is 0 Å². The van der Waals surface area contributed by atoms with Crippen LogP contribution in [0.25, 0.3) is 0 Å². The van der Waals surface area contributed by atoms with Crippen molar-refractivity contribution in [1.29, 1.82) is 0 Å². The average Bonchev–Trinajstić information content (AvgIpc) is 2.81. The lowest BCUT2D eigenvalue weighted by Crippen LogP contribution is -2.39.